The second-order valence-corrected chi connectivity index (χ2v) is 9.81. The van der Waals surface area contributed by atoms with E-state index in [9.17, 15) is 40.7 Å². The molecule has 2 heterocycles. The number of hydrogen-bond acceptors (Lipinski definition) is 4. The van der Waals surface area contributed by atoms with E-state index < -0.39 is 52.8 Å². The summed E-state index contributed by atoms with van der Waals surface area (Å²) in [5.41, 5.74) is -2.97. The van der Waals surface area contributed by atoms with Gasteiger partial charge in [-0.05, 0) is 73.9 Å². The molecule has 0 spiro atoms. The molecule has 7 nitrogen and oxygen atoms in total. The fourth-order valence-electron chi connectivity index (χ4n) is 4.19. The van der Waals surface area contributed by atoms with E-state index in [0.717, 1.165) is 38.2 Å². The molecule has 41 heavy (non-hydrogen) atoms. The van der Waals surface area contributed by atoms with E-state index in [1.54, 1.807) is 6.07 Å². The molecule has 4 rings (SSSR count). The van der Waals surface area contributed by atoms with Crippen molar-refractivity contribution in [3.8, 4) is 0 Å². The summed E-state index contributed by atoms with van der Waals surface area (Å²) >= 11 is 0. The maximum Gasteiger partial charge on any atom is 0.416 e. The number of rotatable bonds is 7. The molecule has 2 aromatic carbocycles. The van der Waals surface area contributed by atoms with Gasteiger partial charge in [0.05, 0.1) is 11.1 Å². The van der Waals surface area contributed by atoms with Crippen molar-refractivity contribution in [2.75, 3.05) is 16.8 Å². The molecule has 1 aromatic heterocycles. The highest BCUT2D eigenvalue weighted by molar-refractivity contribution is 6.10. The summed E-state index contributed by atoms with van der Waals surface area (Å²) in [4.78, 5) is 43.0. The molecule has 3 amide bonds. The van der Waals surface area contributed by atoms with Gasteiger partial charge in [0.15, 0.2) is 5.67 Å². The number of hydrogen-bond donors (Lipinski definition) is 2. The van der Waals surface area contributed by atoms with Gasteiger partial charge in [0.2, 0.25) is 0 Å². The Hall–Kier alpha value is -4.42. The molecule has 3 aromatic rings. The maximum absolute atomic E-state index is 13.8. The summed E-state index contributed by atoms with van der Waals surface area (Å²) < 4.78 is 79.8. The molecule has 0 bridgehead atoms. The van der Waals surface area contributed by atoms with Crippen LogP contribution in [0.5, 0.6) is 0 Å². The van der Waals surface area contributed by atoms with Gasteiger partial charge in [-0.2, -0.15) is 13.2 Å². The Bertz CT molecular complexity index is 1480. The van der Waals surface area contributed by atoms with Crippen molar-refractivity contribution in [3.63, 3.8) is 0 Å². The van der Waals surface area contributed by atoms with Crippen LogP contribution in [0.1, 0.15) is 63.4 Å². The van der Waals surface area contributed by atoms with Crippen molar-refractivity contribution in [3.05, 3.63) is 88.2 Å². The molecule has 0 atom stereocenters. The van der Waals surface area contributed by atoms with Crippen LogP contribution in [0.2, 0.25) is 0 Å². The molecule has 0 unspecified atom stereocenters. The Balaban J connectivity index is 1.55. The number of fused-ring (bicyclic) bond motifs is 1. The molecule has 0 saturated carbocycles. The fourth-order valence-corrected chi connectivity index (χ4v) is 4.19. The average molecular weight is 579 g/mol. The highest BCUT2D eigenvalue weighted by atomic mass is 19.4. The Kier molecular flexibility index (Phi) is 8.09. The summed E-state index contributed by atoms with van der Waals surface area (Å²) in [5.74, 6) is -2.41. The van der Waals surface area contributed by atoms with E-state index in [1.165, 1.54) is 29.2 Å². The number of halogens is 6. The first-order valence-corrected chi connectivity index (χ1v) is 12.3. The third-order valence-electron chi connectivity index (χ3n) is 6.37. The topological polar surface area (TPSA) is 91.4 Å². The van der Waals surface area contributed by atoms with Crippen LogP contribution in [0, 0.1) is 0 Å². The van der Waals surface area contributed by atoms with Gasteiger partial charge in [0.25, 0.3) is 24.1 Å². The molecular formula is C28H24F6N4O3. The van der Waals surface area contributed by atoms with Gasteiger partial charge in [-0.25, -0.2) is 13.2 Å². The summed E-state index contributed by atoms with van der Waals surface area (Å²) in [6, 6.07) is 9.67. The van der Waals surface area contributed by atoms with Crippen LogP contribution in [0.4, 0.5) is 37.7 Å². The van der Waals surface area contributed by atoms with Gasteiger partial charge in [-0.3, -0.25) is 19.4 Å². The second-order valence-electron chi connectivity index (χ2n) is 9.81. The Morgan fingerprint density at radius 1 is 1.02 bits per heavy atom. The summed E-state index contributed by atoms with van der Waals surface area (Å²) in [5, 5.41) is 4.76. The van der Waals surface area contributed by atoms with Crippen LogP contribution in [0.25, 0.3) is 0 Å². The van der Waals surface area contributed by atoms with Gasteiger partial charge in [-0.15, -0.1) is 0 Å². The number of carbonyl (C=O) groups is 3. The zero-order valence-corrected chi connectivity index (χ0v) is 21.8. The van der Waals surface area contributed by atoms with Crippen LogP contribution in [-0.4, -0.2) is 34.9 Å². The first-order valence-electron chi connectivity index (χ1n) is 12.3. The van der Waals surface area contributed by atoms with Crippen LogP contribution in [0.15, 0.2) is 54.7 Å². The number of amides is 3. The largest absolute Gasteiger partial charge is 0.416 e. The molecule has 0 radical (unpaired) electrons. The van der Waals surface area contributed by atoms with Crippen molar-refractivity contribution in [2.45, 2.75) is 45.1 Å². The minimum atomic E-state index is -4.53. The first-order chi connectivity index (χ1) is 19.1. The van der Waals surface area contributed by atoms with E-state index in [4.69, 9.17) is 0 Å². The Morgan fingerprint density at radius 2 is 1.71 bits per heavy atom. The third kappa shape index (κ3) is 6.67. The quantitative estimate of drug-likeness (QED) is 0.344. The smallest absolute Gasteiger partial charge is 0.349 e. The lowest BCUT2D eigenvalue weighted by atomic mass is 9.97. The second kappa shape index (κ2) is 11.2. The number of nitrogens with zero attached hydrogens (tertiary/aromatic N) is 2. The summed E-state index contributed by atoms with van der Waals surface area (Å²) in [6.07, 6.45) is -6.20. The Morgan fingerprint density at radius 3 is 2.32 bits per heavy atom. The number of pyridine rings is 1. The van der Waals surface area contributed by atoms with E-state index >= 15 is 0 Å². The number of anilines is 2. The van der Waals surface area contributed by atoms with Gasteiger partial charge < -0.3 is 15.5 Å². The maximum atomic E-state index is 13.8. The average Bonchev–Trinajstić information content (AvgIpc) is 2.91. The third-order valence-corrected chi connectivity index (χ3v) is 6.37. The molecule has 2 N–H and O–H groups in total. The minimum Gasteiger partial charge on any atom is -0.349 e. The monoisotopic (exact) mass is 578 g/mol. The number of nitrogens with one attached hydrogen (secondary N) is 2. The number of carbonyl (C=O) groups excluding carboxylic acids is 3. The number of aromatic nitrogens is 1. The molecule has 1 aliphatic heterocycles. The first kappa shape index (κ1) is 29.6. The lowest BCUT2D eigenvalue weighted by Crippen LogP contribution is -2.38. The zero-order chi connectivity index (χ0) is 30.1. The van der Waals surface area contributed by atoms with Gasteiger partial charge in [-0.1, -0.05) is 6.07 Å². The van der Waals surface area contributed by atoms with E-state index in [0.29, 0.717) is 12.0 Å². The Labute approximate surface area is 230 Å². The van der Waals surface area contributed by atoms with Crippen molar-refractivity contribution >= 4 is 29.1 Å². The fraction of sp³-hybridized carbons (Fsp3) is 0.286. The van der Waals surface area contributed by atoms with Crippen molar-refractivity contribution < 1.29 is 40.7 Å². The molecule has 0 saturated heterocycles. The molecular weight excluding hydrogens is 554 g/mol. The van der Waals surface area contributed by atoms with Crippen LogP contribution >= 0.6 is 0 Å². The molecule has 13 heteroatoms. The van der Waals surface area contributed by atoms with Gasteiger partial charge >= 0.3 is 6.18 Å². The van der Waals surface area contributed by atoms with Crippen molar-refractivity contribution in [2.24, 2.45) is 0 Å². The zero-order valence-electron chi connectivity index (χ0n) is 21.8. The van der Waals surface area contributed by atoms with Crippen molar-refractivity contribution in [1.82, 2.24) is 10.3 Å². The van der Waals surface area contributed by atoms with E-state index in [2.05, 4.69) is 15.6 Å². The summed E-state index contributed by atoms with van der Waals surface area (Å²) in [6.45, 7) is 2.04. The molecule has 216 valence electrons. The predicted octanol–water partition coefficient (Wildman–Crippen LogP) is 5.86. The highest BCUT2D eigenvalue weighted by Gasteiger charge is 2.32. The predicted molar refractivity (Wildman–Crippen MR) is 137 cm³/mol. The highest BCUT2D eigenvalue weighted by Crippen LogP contribution is 2.32. The summed E-state index contributed by atoms with van der Waals surface area (Å²) in [7, 11) is 0. The van der Waals surface area contributed by atoms with Crippen LogP contribution in [-0.2, 0) is 23.9 Å². The number of alkyl halides is 6. The lowest BCUT2D eigenvalue weighted by Gasteiger charge is -2.29. The van der Waals surface area contributed by atoms with Gasteiger partial charge in [0.1, 0.15) is 5.69 Å². The lowest BCUT2D eigenvalue weighted by molar-refractivity contribution is -0.137. The van der Waals surface area contributed by atoms with Crippen LogP contribution < -0.4 is 15.5 Å². The normalized spacial score (nSPS) is 13.7. The van der Waals surface area contributed by atoms with Gasteiger partial charge in [0, 0.05) is 36.2 Å². The van der Waals surface area contributed by atoms with E-state index in [-0.39, 0.29) is 35.6 Å². The van der Waals surface area contributed by atoms with Crippen molar-refractivity contribution in [1.29, 1.82) is 0 Å². The standard InChI is InChI=1S/C28H24F6N4O3/c1-27(2,31)26(41)36-14-15-11-21(22(23(29)30)35-13-15)24(39)37-18-6-3-16-9-10-38(25(40)20(16)12-18)19-7-4-17(5-8-19)28(32,33)34/h3-8,11-13,23H,9-10,14H2,1-2H3,(H,36,41)(H,37,39). The minimum absolute atomic E-state index is 0.106. The number of benzene rings is 2. The van der Waals surface area contributed by atoms with Crippen LogP contribution in [0.3, 0.4) is 0 Å². The molecule has 1 aliphatic rings. The molecule has 0 fully saturated rings. The SMILES string of the molecule is CC(C)(F)C(=O)NCc1cnc(C(F)F)c(C(=O)Nc2ccc3c(c2)C(=O)N(c2ccc(C(F)(F)F)cc2)CC3)c1. The molecule has 0 aliphatic carbocycles. The van der Waals surface area contributed by atoms with E-state index in [1.807, 2.05) is 0 Å².